The first-order chi connectivity index (χ1) is 13.0. The van der Waals surface area contributed by atoms with E-state index < -0.39 is 0 Å². The Morgan fingerprint density at radius 3 is 2.48 bits per heavy atom. The maximum absolute atomic E-state index is 11.0. The Hall–Kier alpha value is -2.48. The van der Waals surface area contributed by atoms with Crippen LogP contribution >= 0.6 is 0 Å². The summed E-state index contributed by atoms with van der Waals surface area (Å²) in [5.41, 5.74) is 5.25. The Bertz CT molecular complexity index is 612. The van der Waals surface area contributed by atoms with Crippen LogP contribution in [0.4, 0.5) is 0 Å². The topological polar surface area (TPSA) is 101 Å². The van der Waals surface area contributed by atoms with Crippen LogP contribution in [0.15, 0.2) is 29.3 Å². The van der Waals surface area contributed by atoms with Crippen LogP contribution in [-0.4, -0.2) is 69.2 Å². The number of piperidine rings is 1. The van der Waals surface area contributed by atoms with Crippen molar-refractivity contribution < 1.29 is 14.3 Å². The number of amides is 1. The first-order valence-electron chi connectivity index (χ1n) is 9.28. The van der Waals surface area contributed by atoms with Crippen molar-refractivity contribution in [3.8, 4) is 11.5 Å². The van der Waals surface area contributed by atoms with Crippen molar-refractivity contribution >= 4 is 11.9 Å². The number of nitrogens with zero attached hydrogens (tertiary/aromatic N) is 2. The molecule has 2 rings (SSSR count). The highest BCUT2D eigenvalue weighted by atomic mass is 16.5. The van der Waals surface area contributed by atoms with Crippen LogP contribution in [-0.2, 0) is 4.79 Å². The quantitative estimate of drug-likeness (QED) is 0.452. The Kier molecular flexibility index (Phi) is 8.19. The lowest BCUT2D eigenvalue weighted by molar-refractivity contribution is -0.119. The van der Waals surface area contributed by atoms with Gasteiger partial charge >= 0.3 is 0 Å². The number of aliphatic imine (C=N–C) groups is 1. The number of carbonyl (C=O) groups excluding carboxylic acids is 1. The Labute approximate surface area is 161 Å². The highest BCUT2D eigenvalue weighted by molar-refractivity contribution is 5.80. The predicted octanol–water partition coefficient (Wildman–Crippen LogP) is 0.577. The van der Waals surface area contributed by atoms with Crippen molar-refractivity contribution in [2.24, 2.45) is 10.7 Å². The van der Waals surface area contributed by atoms with Crippen molar-refractivity contribution in [3.63, 3.8) is 0 Å². The van der Waals surface area contributed by atoms with Gasteiger partial charge in [-0.05, 0) is 44.0 Å². The van der Waals surface area contributed by atoms with Crippen LogP contribution in [0.2, 0.25) is 0 Å². The average molecular weight is 377 g/mol. The lowest BCUT2D eigenvalue weighted by Crippen LogP contribution is -2.50. The summed E-state index contributed by atoms with van der Waals surface area (Å²) in [6, 6.07) is 7.87. The zero-order valence-electron chi connectivity index (χ0n) is 16.4. The van der Waals surface area contributed by atoms with Crippen LogP contribution in [0.5, 0.6) is 11.5 Å². The fraction of sp³-hybridized carbons (Fsp3) is 0.579. The molecule has 0 radical (unpaired) electrons. The summed E-state index contributed by atoms with van der Waals surface area (Å²) < 4.78 is 11.0. The van der Waals surface area contributed by atoms with Gasteiger partial charge in [-0.2, -0.15) is 0 Å². The van der Waals surface area contributed by atoms with Gasteiger partial charge in [0.05, 0.1) is 20.2 Å². The van der Waals surface area contributed by atoms with Crippen LogP contribution in [0, 0.1) is 0 Å². The lowest BCUT2D eigenvalue weighted by atomic mass is 10.1. The summed E-state index contributed by atoms with van der Waals surface area (Å²) in [6.45, 7) is 4.68. The van der Waals surface area contributed by atoms with Crippen molar-refractivity contribution in [2.75, 3.05) is 40.3 Å². The van der Waals surface area contributed by atoms with Gasteiger partial charge in [-0.1, -0.05) is 0 Å². The van der Waals surface area contributed by atoms with Crippen LogP contribution in [0.1, 0.15) is 19.8 Å². The second-order valence-electron chi connectivity index (χ2n) is 6.72. The smallest absolute Gasteiger partial charge is 0.231 e. The van der Waals surface area contributed by atoms with E-state index in [1.54, 1.807) is 14.2 Å². The average Bonchev–Trinajstić information content (AvgIpc) is 2.66. The molecule has 27 heavy (non-hydrogen) atoms. The van der Waals surface area contributed by atoms with E-state index in [4.69, 9.17) is 15.2 Å². The molecule has 1 unspecified atom stereocenters. The summed E-state index contributed by atoms with van der Waals surface area (Å²) in [6.07, 6.45) is 1.88. The monoisotopic (exact) mass is 377 g/mol. The third-order valence-electron chi connectivity index (χ3n) is 4.49. The van der Waals surface area contributed by atoms with Gasteiger partial charge in [-0.3, -0.25) is 14.7 Å². The molecule has 1 aromatic rings. The summed E-state index contributed by atoms with van der Waals surface area (Å²) >= 11 is 0. The maximum atomic E-state index is 11.0. The number of hydrogen-bond acceptors (Lipinski definition) is 5. The number of hydrogen-bond donors (Lipinski definition) is 3. The predicted molar refractivity (Wildman–Crippen MR) is 106 cm³/mol. The molecule has 1 aromatic carbocycles. The van der Waals surface area contributed by atoms with E-state index in [0.717, 1.165) is 43.4 Å². The van der Waals surface area contributed by atoms with Crippen LogP contribution in [0.25, 0.3) is 0 Å². The third kappa shape index (κ3) is 7.34. The van der Waals surface area contributed by atoms with Gasteiger partial charge in [0.2, 0.25) is 5.91 Å². The number of primary amides is 1. The molecule has 150 valence electrons. The van der Waals surface area contributed by atoms with E-state index in [1.165, 1.54) is 0 Å². The molecule has 0 saturated carbocycles. The van der Waals surface area contributed by atoms with E-state index in [-0.39, 0.29) is 12.0 Å². The molecular weight excluding hydrogens is 346 g/mol. The SMILES string of the molecule is CN=C(NCC(C)Oc1ccc(OC)cc1)NC1CCN(CC(N)=O)CC1. The van der Waals surface area contributed by atoms with E-state index >= 15 is 0 Å². The second kappa shape index (κ2) is 10.6. The molecular formula is C19H31N5O3. The number of carbonyl (C=O) groups is 1. The third-order valence-corrected chi connectivity index (χ3v) is 4.49. The van der Waals surface area contributed by atoms with Gasteiger partial charge < -0.3 is 25.8 Å². The summed E-state index contributed by atoms with van der Waals surface area (Å²) in [4.78, 5) is 17.4. The van der Waals surface area contributed by atoms with Gasteiger partial charge in [0.1, 0.15) is 17.6 Å². The number of likely N-dealkylation sites (tertiary alicyclic amines) is 1. The van der Waals surface area contributed by atoms with E-state index in [2.05, 4.69) is 20.5 Å². The zero-order chi connectivity index (χ0) is 19.6. The molecule has 1 aliphatic rings. The van der Waals surface area contributed by atoms with Crippen molar-refractivity contribution in [3.05, 3.63) is 24.3 Å². The Morgan fingerprint density at radius 2 is 1.93 bits per heavy atom. The number of benzene rings is 1. The van der Waals surface area contributed by atoms with Gasteiger partial charge in [0.25, 0.3) is 0 Å². The molecule has 0 aromatic heterocycles. The minimum Gasteiger partial charge on any atom is -0.497 e. The molecule has 1 heterocycles. The molecule has 0 aliphatic carbocycles. The van der Waals surface area contributed by atoms with Gasteiger partial charge in [0.15, 0.2) is 5.96 Å². The Morgan fingerprint density at radius 1 is 1.30 bits per heavy atom. The lowest BCUT2D eigenvalue weighted by Gasteiger charge is -2.32. The number of rotatable bonds is 8. The molecule has 1 aliphatic heterocycles. The van der Waals surface area contributed by atoms with Gasteiger partial charge in [0, 0.05) is 26.2 Å². The normalized spacial score (nSPS) is 17.2. The number of methoxy groups -OCH3 is 1. The molecule has 1 amide bonds. The van der Waals surface area contributed by atoms with Crippen molar-refractivity contribution in [1.82, 2.24) is 15.5 Å². The molecule has 1 atom stereocenters. The maximum Gasteiger partial charge on any atom is 0.231 e. The largest absolute Gasteiger partial charge is 0.497 e. The Balaban J connectivity index is 1.71. The van der Waals surface area contributed by atoms with E-state index in [0.29, 0.717) is 19.1 Å². The summed E-state index contributed by atoms with van der Waals surface area (Å²) in [5, 5.41) is 6.74. The summed E-state index contributed by atoms with van der Waals surface area (Å²) in [5.74, 6) is 2.09. The first kappa shape index (κ1) is 20.8. The number of guanidine groups is 1. The molecule has 0 spiro atoms. The highest BCUT2D eigenvalue weighted by Crippen LogP contribution is 2.18. The first-order valence-corrected chi connectivity index (χ1v) is 9.28. The van der Waals surface area contributed by atoms with E-state index in [9.17, 15) is 4.79 Å². The fourth-order valence-corrected chi connectivity index (χ4v) is 3.01. The van der Waals surface area contributed by atoms with Gasteiger partial charge in [-0.15, -0.1) is 0 Å². The molecule has 1 saturated heterocycles. The van der Waals surface area contributed by atoms with Crippen LogP contribution in [0.3, 0.4) is 0 Å². The number of nitrogens with two attached hydrogens (primary N) is 1. The number of ether oxygens (including phenoxy) is 2. The standard InChI is InChI=1S/C19H31N5O3/c1-14(27-17-6-4-16(26-3)5-7-17)12-22-19(21-2)23-15-8-10-24(11-9-15)13-18(20)25/h4-7,14-15H,8-13H2,1-3H3,(H2,20,25)(H2,21,22,23). The molecule has 4 N–H and O–H groups in total. The molecule has 8 nitrogen and oxygen atoms in total. The molecule has 0 bridgehead atoms. The summed E-state index contributed by atoms with van der Waals surface area (Å²) in [7, 11) is 3.40. The molecule has 8 heteroatoms. The minimum atomic E-state index is -0.273. The fourth-order valence-electron chi connectivity index (χ4n) is 3.01. The van der Waals surface area contributed by atoms with Gasteiger partial charge in [-0.25, -0.2) is 0 Å². The van der Waals surface area contributed by atoms with E-state index in [1.807, 2.05) is 31.2 Å². The highest BCUT2D eigenvalue weighted by Gasteiger charge is 2.21. The number of nitrogens with one attached hydrogen (secondary N) is 2. The van der Waals surface area contributed by atoms with Crippen molar-refractivity contribution in [2.45, 2.75) is 31.9 Å². The molecule has 1 fully saturated rings. The zero-order valence-corrected chi connectivity index (χ0v) is 16.4. The van der Waals surface area contributed by atoms with Crippen LogP contribution < -0.4 is 25.8 Å². The van der Waals surface area contributed by atoms with Crippen molar-refractivity contribution in [1.29, 1.82) is 0 Å². The minimum absolute atomic E-state index is 0.0191. The second-order valence-corrected chi connectivity index (χ2v) is 6.72.